The molecule has 1 aromatic heterocycles. The topological polar surface area (TPSA) is 82.4 Å². The van der Waals surface area contributed by atoms with E-state index in [0.29, 0.717) is 17.8 Å². The van der Waals surface area contributed by atoms with Crippen LogP contribution in [0.3, 0.4) is 0 Å². The molecule has 1 aliphatic carbocycles. The summed E-state index contributed by atoms with van der Waals surface area (Å²) in [7, 11) is 0. The van der Waals surface area contributed by atoms with Crippen molar-refractivity contribution in [1.82, 2.24) is 9.88 Å². The minimum Gasteiger partial charge on any atom is -0.399 e. The van der Waals surface area contributed by atoms with Gasteiger partial charge in [-0.25, -0.2) is 0 Å². The number of benzene rings is 1. The van der Waals surface area contributed by atoms with E-state index < -0.39 is 0 Å². The third-order valence-corrected chi connectivity index (χ3v) is 4.05. The van der Waals surface area contributed by atoms with Gasteiger partial charge in [-0.05, 0) is 37.5 Å². The number of aliphatic hydroxyl groups is 1. The van der Waals surface area contributed by atoms with Gasteiger partial charge in [0.05, 0.1) is 12.2 Å². The lowest BCUT2D eigenvalue weighted by atomic mass is 9.91. The number of nitrogen functional groups attached to an aromatic ring is 1. The van der Waals surface area contributed by atoms with Gasteiger partial charge in [-0.1, -0.05) is 0 Å². The molecule has 0 atom stereocenters. The van der Waals surface area contributed by atoms with Crippen molar-refractivity contribution in [1.29, 1.82) is 0 Å². The Morgan fingerprint density at radius 1 is 1.45 bits per heavy atom. The molecule has 0 radical (unpaired) electrons. The van der Waals surface area contributed by atoms with Crippen molar-refractivity contribution >= 4 is 22.5 Å². The van der Waals surface area contributed by atoms with Crippen molar-refractivity contribution in [3.8, 4) is 0 Å². The van der Waals surface area contributed by atoms with Gasteiger partial charge in [-0.3, -0.25) is 4.79 Å². The highest BCUT2D eigenvalue weighted by molar-refractivity contribution is 6.07. The summed E-state index contributed by atoms with van der Waals surface area (Å²) in [5.41, 5.74) is 7.98. The highest BCUT2D eigenvalue weighted by atomic mass is 16.3. The Labute approximate surface area is 117 Å². The van der Waals surface area contributed by atoms with Crippen molar-refractivity contribution in [3.63, 3.8) is 0 Å². The molecule has 3 rings (SSSR count). The lowest BCUT2D eigenvalue weighted by molar-refractivity contribution is 0.0528. The molecular weight excluding hydrogens is 254 g/mol. The van der Waals surface area contributed by atoms with E-state index in [1.807, 2.05) is 18.2 Å². The van der Waals surface area contributed by atoms with E-state index in [1.54, 1.807) is 11.1 Å². The van der Waals surface area contributed by atoms with Gasteiger partial charge in [0, 0.05) is 35.4 Å². The number of nitrogens with two attached hydrogens (primary N) is 1. The molecule has 5 nitrogen and oxygen atoms in total. The fourth-order valence-corrected chi connectivity index (χ4v) is 2.73. The number of rotatable bonds is 4. The maximum absolute atomic E-state index is 12.7. The van der Waals surface area contributed by atoms with E-state index in [4.69, 9.17) is 5.73 Å². The molecular formula is C15H19N3O2. The summed E-state index contributed by atoms with van der Waals surface area (Å²) in [5, 5.41) is 10.0. The van der Waals surface area contributed by atoms with E-state index in [-0.39, 0.29) is 18.6 Å². The largest absolute Gasteiger partial charge is 0.399 e. The average Bonchev–Trinajstić information content (AvgIpc) is 2.78. The summed E-state index contributed by atoms with van der Waals surface area (Å²) < 4.78 is 0. The van der Waals surface area contributed by atoms with Crippen LogP contribution in [-0.4, -0.2) is 40.1 Å². The summed E-state index contributed by atoms with van der Waals surface area (Å²) in [6.07, 6.45) is 4.93. The van der Waals surface area contributed by atoms with E-state index in [9.17, 15) is 9.90 Å². The van der Waals surface area contributed by atoms with Gasteiger partial charge in [-0.2, -0.15) is 0 Å². The average molecular weight is 273 g/mol. The van der Waals surface area contributed by atoms with Crippen molar-refractivity contribution in [2.75, 3.05) is 18.9 Å². The molecule has 0 saturated heterocycles. The first kappa shape index (κ1) is 13.0. The molecule has 0 bridgehead atoms. The summed E-state index contributed by atoms with van der Waals surface area (Å²) >= 11 is 0. The number of aliphatic hydroxyl groups excluding tert-OH is 1. The van der Waals surface area contributed by atoms with Crippen LogP contribution in [0.25, 0.3) is 10.9 Å². The number of nitrogens with zero attached hydrogens (tertiary/aromatic N) is 1. The van der Waals surface area contributed by atoms with Crippen LogP contribution >= 0.6 is 0 Å². The van der Waals surface area contributed by atoms with E-state index in [1.165, 1.54) is 0 Å². The molecule has 0 spiro atoms. The van der Waals surface area contributed by atoms with Gasteiger partial charge >= 0.3 is 0 Å². The number of carbonyl (C=O) groups is 1. The normalized spacial score (nSPS) is 15.2. The molecule has 5 heteroatoms. The van der Waals surface area contributed by atoms with Crippen LogP contribution in [-0.2, 0) is 0 Å². The van der Waals surface area contributed by atoms with Crippen LogP contribution in [0.1, 0.15) is 29.6 Å². The maximum atomic E-state index is 12.7. The Hall–Kier alpha value is -2.01. The highest BCUT2D eigenvalue weighted by Crippen LogP contribution is 2.28. The molecule has 2 aromatic rings. The van der Waals surface area contributed by atoms with Crippen LogP contribution in [0.15, 0.2) is 24.4 Å². The Morgan fingerprint density at radius 3 is 2.90 bits per heavy atom. The SMILES string of the molecule is Nc1ccc2[nH]cc(C(=O)N(CCO)C3CCC3)c2c1. The lowest BCUT2D eigenvalue weighted by Crippen LogP contribution is -2.45. The van der Waals surface area contributed by atoms with E-state index in [2.05, 4.69) is 4.98 Å². The number of aromatic nitrogens is 1. The number of H-pyrrole nitrogens is 1. The second kappa shape index (κ2) is 5.17. The predicted octanol–water partition coefficient (Wildman–Crippen LogP) is 1.74. The van der Waals surface area contributed by atoms with Crippen molar-refractivity contribution in [2.45, 2.75) is 25.3 Å². The number of carbonyl (C=O) groups excluding carboxylic acids is 1. The molecule has 4 N–H and O–H groups in total. The van der Waals surface area contributed by atoms with Crippen LogP contribution in [0.2, 0.25) is 0 Å². The second-order valence-electron chi connectivity index (χ2n) is 5.31. The minimum absolute atomic E-state index is 0.00721. The van der Waals surface area contributed by atoms with Crippen molar-refractivity contribution in [2.24, 2.45) is 0 Å². The van der Waals surface area contributed by atoms with Crippen LogP contribution in [0, 0.1) is 0 Å². The van der Waals surface area contributed by atoms with E-state index in [0.717, 1.165) is 30.2 Å². The van der Waals surface area contributed by atoms with Crippen LogP contribution in [0.4, 0.5) is 5.69 Å². The van der Waals surface area contributed by atoms with Crippen LogP contribution < -0.4 is 5.73 Å². The zero-order valence-electron chi connectivity index (χ0n) is 11.3. The Kier molecular flexibility index (Phi) is 3.36. The number of amides is 1. The molecule has 106 valence electrons. The number of hydrogen-bond donors (Lipinski definition) is 3. The van der Waals surface area contributed by atoms with Crippen LogP contribution in [0.5, 0.6) is 0 Å². The fraction of sp³-hybridized carbons (Fsp3) is 0.400. The quantitative estimate of drug-likeness (QED) is 0.742. The summed E-state index contributed by atoms with van der Waals surface area (Å²) in [6.45, 7) is 0.380. The number of aromatic amines is 1. The molecule has 0 unspecified atom stereocenters. The third kappa shape index (κ3) is 2.14. The van der Waals surface area contributed by atoms with Gasteiger partial charge in [0.15, 0.2) is 0 Å². The molecule has 1 amide bonds. The Morgan fingerprint density at radius 2 is 2.25 bits per heavy atom. The maximum Gasteiger partial charge on any atom is 0.256 e. The third-order valence-electron chi connectivity index (χ3n) is 4.05. The van der Waals surface area contributed by atoms with Gasteiger partial charge < -0.3 is 20.7 Å². The monoisotopic (exact) mass is 273 g/mol. The first-order chi connectivity index (χ1) is 9.70. The molecule has 0 aliphatic heterocycles. The first-order valence-corrected chi connectivity index (χ1v) is 6.99. The fourth-order valence-electron chi connectivity index (χ4n) is 2.73. The summed E-state index contributed by atoms with van der Waals surface area (Å²) in [6, 6.07) is 5.77. The van der Waals surface area contributed by atoms with E-state index >= 15 is 0 Å². The van der Waals surface area contributed by atoms with Crippen molar-refractivity contribution < 1.29 is 9.90 Å². The standard InChI is InChI=1S/C15H19N3O2/c16-10-4-5-14-12(8-10)13(9-17-14)15(20)18(6-7-19)11-2-1-3-11/h4-5,8-9,11,17,19H,1-3,6-7,16H2. The first-order valence-electron chi connectivity index (χ1n) is 6.99. The predicted molar refractivity (Wildman–Crippen MR) is 78.5 cm³/mol. The molecule has 1 saturated carbocycles. The zero-order chi connectivity index (χ0) is 14.1. The molecule has 20 heavy (non-hydrogen) atoms. The van der Waals surface area contributed by atoms with Gasteiger partial charge in [0.25, 0.3) is 5.91 Å². The zero-order valence-corrected chi connectivity index (χ0v) is 11.3. The Bertz CT molecular complexity index is 631. The second-order valence-corrected chi connectivity index (χ2v) is 5.31. The smallest absolute Gasteiger partial charge is 0.256 e. The summed E-state index contributed by atoms with van der Waals surface area (Å²) in [4.78, 5) is 17.6. The molecule has 1 aromatic carbocycles. The number of nitrogens with one attached hydrogen (secondary N) is 1. The number of hydrogen-bond acceptors (Lipinski definition) is 3. The number of anilines is 1. The van der Waals surface area contributed by atoms with Crippen molar-refractivity contribution in [3.05, 3.63) is 30.0 Å². The molecule has 1 fully saturated rings. The minimum atomic E-state index is -0.0272. The van der Waals surface area contributed by atoms with Gasteiger partial charge in [0.2, 0.25) is 0 Å². The lowest BCUT2D eigenvalue weighted by Gasteiger charge is -2.37. The molecule has 1 aliphatic rings. The summed E-state index contributed by atoms with van der Waals surface area (Å²) in [5.74, 6) is -0.0272. The molecule has 1 heterocycles. The number of fused-ring (bicyclic) bond motifs is 1. The van der Waals surface area contributed by atoms with Gasteiger partial charge in [-0.15, -0.1) is 0 Å². The highest BCUT2D eigenvalue weighted by Gasteiger charge is 2.30. The Balaban J connectivity index is 1.95. The van der Waals surface area contributed by atoms with Gasteiger partial charge in [0.1, 0.15) is 0 Å².